The Morgan fingerprint density at radius 3 is 2.48 bits per heavy atom. The molecule has 0 bridgehead atoms. The molecule has 0 atom stereocenters. The lowest BCUT2D eigenvalue weighted by Crippen LogP contribution is -2.41. The van der Waals surface area contributed by atoms with Crippen molar-refractivity contribution in [1.29, 1.82) is 0 Å². The number of esters is 1. The Labute approximate surface area is 200 Å². The van der Waals surface area contributed by atoms with Crippen LogP contribution < -0.4 is 0 Å². The van der Waals surface area contributed by atoms with E-state index in [1.165, 1.54) is 10.7 Å². The first kappa shape index (κ1) is 23.3. The molecule has 1 aromatic heterocycles. The number of benzene rings is 2. The first-order valence-corrected chi connectivity index (χ1v) is 11.4. The van der Waals surface area contributed by atoms with Crippen LogP contribution >= 0.6 is 23.2 Å². The van der Waals surface area contributed by atoms with E-state index >= 15 is 0 Å². The molecule has 1 fully saturated rings. The third kappa shape index (κ3) is 4.89. The molecule has 33 heavy (non-hydrogen) atoms. The quantitative estimate of drug-likeness (QED) is 0.450. The van der Waals surface area contributed by atoms with Crippen LogP contribution in [0, 0.1) is 11.7 Å². The van der Waals surface area contributed by atoms with Gasteiger partial charge in [-0.25, -0.2) is 9.07 Å². The number of hydrogen-bond donors (Lipinski definition) is 0. The van der Waals surface area contributed by atoms with E-state index in [0.717, 1.165) is 0 Å². The first-order chi connectivity index (χ1) is 15.9. The second-order valence-corrected chi connectivity index (χ2v) is 8.54. The summed E-state index contributed by atoms with van der Waals surface area (Å²) in [6.45, 7) is 2.92. The molecule has 1 amide bonds. The lowest BCUT2D eigenvalue weighted by molar-refractivity contribution is -0.149. The first-order valence-electron chi connectivity index (χ1n) is 10.6. The third-order valence-corrected chi connectivity index (χ3v) is 6.37. The van der Waals surface area contributed by atoms with Crippen molar-refractivity contribution < 1.29 is 18.7 Å². The fraction of sp³-hybridized carbons (Fsp3) is 0.292. The van der Waals surface area contributed by atoms with E-state index in [4.69, 9.17) is 27.9 Å². The van der Waals surface area contributed by atoms with Crippen LogP contribution in [0.1, 0.15) is 30.3 Å². The molecular formula is C24H22Cl2FN3O3. The second-order valence-electron chi connectivity index (χ2n) is 7.72. The van der Waals surface area contributed by atoms with E-state index in [1.807, 2.05) is 0 Å². The number of aromatic nitrogens is 2. The van der Waals surface area contributed by atoms with Gasteiger partial charge in [0.2, 0.25) is 0 Å². The van der Waals surface area contributed by atoms with Crippen molar-refractivity contribution in [3.63, 3.8) is 0 Å². The average molecular weight is 490 g/mol. The summed E-state index contributed by atoms with van der Waals surface area (Å²) in [7, 11) is 0. The zero-order valence-corrected chi connectivity index (χ0v) is 19.4. The lowest BCUT2D eigenvalue weighted by atomic mass is 9.97. The topological polar surface area (TPSA) is 64.4 Å². The summed E-state index contributed by atoms with van der Waals surface area (Å²) in [5, 5.41) is 5.20. The molecule has 0 radical (unpaired) electrons. The zero-order chi connectivity index (χ0) is 23.5. The van der Waals surface area contributed by atoms with E-state index in [0.29, 0.717) is 54.0 Å². The molecule has 0 unspecified atom stereocenters. The molecule has 3 aromatic rings. The summed E-state index contributed by atoms with van der Waals surface area (Å²) in [6.07, 6.45) is 1.04. The van der Waals surface area contributed by atoms with Gasteiger partial charge in [0.1, 0.15) is 11.5 Å². The van der Waals surface area contributed by atoms with Gasteiger partial charge in [0.05, 0.1) is 34.0 Å². The summed E-state index contributed by atoms with van der Waals surface area (Å²) in [5.41, 5.74) is 1.40. The minimum Gasteiger partial charge on any atom is -0.466 e. The second kappa shape index (κ2) is 9.93. The number of likely N-dealkylation sites (tertiary alicyclic amines) is 1. The number of halogens is 3. The summed E-state index contributed by atoms with van der Waals surface area (Å²) in [4.78, 5) is 27.2. The smallest absolute Gasteiger partial charge is 0.309 e. The van der Waals surface area contributed by atoms with Gasteiger partial charge in [0.25, 0.3) is 5.91 Å². The van der Waals surface area contributed by atoms with E-state index < -0.39 is 5.82 Å². The molecule has 172 valence electrons. The van der Waals surface area contributed by atoms with Gasteiger partial charge in [-0.3, -0.25) is 9.59 Å². The molecule has 0 spiro atoms. The maximum Gasteiger partial charge on any atom is 0.309 e. The highest BCUT2D eigenvalue weighted by atomic mass is 35.5. The minimum absolute atomic E-state index is 0.219. The highest BCUT2D eigenvalue weighted by molar-refractivity contribution is 6.42. The highest BCUT2D eigenvalue weighted by Crippen LogP contribution is 2.29. The molecule has 1 aliphatic rings. The normalized spacial score (nSPS) is 14.4. The van der Waals surface area contributed by atoms with Crippen molar-refractivity contribution >= 4 is 35.1 Å². The number of amides is 1. The Morgan fingerprint density at radius 2 is 1.82 bits per heavy atom. The van der Waals surface area contributed by atoms with Gasteiger partial charge in [0.15, 0.2) is 0 Å². The van der Waals surface area contributed by atoms with Crippen LogP contribution in [0.4, 0.5) is 4.39 Å². The molecule has 6 nitrogen and oxygen atoms in total. The Morgan fingerprint density at radius 1 is 1.09 bits per heavy atom. The average Bonchev–Trinajstić information content (AvgIpc) is 3.26. The molecule has 2 heterocycles. The van der Waals surface area contributed by atoms with Gasteiger partial charge in [0, 0.05) is 18.7 Å². The van der Waals surface area contributed by atoms with Crippen LogP contribution in [-0.2, 0) is 9.53 Å². The van der Waals surface area contributed by atoms with Crippen molar-refractivity contribution in [2.24, 2.45) is 5.92 Å². The van der Waals surface area contributed by atoms with Gasteiger partial charge in [-0.05, 0) is 56.2 Å². The van der Waals surface area contributed by atoms with Gasteiger partial charge >= 0.3 is 5.97 Å². The van der Waals surface area contributed by atoms with Crippen molar-refractivity contribution in [3.05, 3.63) is 70.1 Å². The third-order valence-electron chi connectivity index (χ3n) is 5.63. The fourth-order valence-corrected chi connectivity index (χ4v) is 4.18. The van der Waals surface area contributed by atoms with Crippen LogP contribution in [0.2, 0.25) is 10.0 Å². The van der Waals surface area contributed by atoms with Crippen LogP contribution in [0.15, 0.2) is 48.5 Å². The molecule has 0 aliphatic carbocycles. The van der Waals surface area contributed by atoms with Crippen LogP contribution in [0.5, 0.6) is 0 Å². The van der Waals surface area contributed by atoms with Crippen LogP contribution in [0.25, 0.3) is 16.9 Å². The largest absolute Gasteiger partial charge is 0.466 e. The SMILES string of the molecule is CCOC(=O)C1CCN(C(=O)c2cc(-c3ccccc3F)nn2-c2ccc(Cl)c(Cl)c2)CC1. The summed E-state index contributed by atoms with van der Waals surface area (Å²) < 4.78 is 21.0. The molecule has 0 saturated carbocycles. The number of ether oxygens (including phenoxy) is 1. The van der Waals surface area contributed by atoms with E-state index in [1.54, 1.807) is 54.3 Å². The van der Waals surface area contributed by atoms with Gasteiger partial charge < -0.3 is 9.64 Å². The van der Waals surface area contributed by atoms with Crippen LogP contribution in [-0.4, -0.2) is 46.3 Å². The minimum atomic E-state index is -0.439. The van der Waals surface area contributed by atoms with Crippen molar-refractivity contribution in [2.75, 3.05) is 19.7 Å². The summed E-state index contributed by atoms with van der Waals surface area (Å²) >= 11 is 12.2. The van der Waals surface area contributed by atoms with Gasteiger partial charge in [-0.15, -0.1) is 0 Å². The molecule has 0 N–H and O–H groups in total. The maximum absolute atomic E-state index is 14.4. The summed E-state index contributed by atoms with van der Waals surface area (Å²) in [5.74, 6) is -1.15. The number of carbonyl (C=O) groups excluding carboxylic acids is 2. The molecule has 1 aliphatic heterocycles. The standard InChI is InChI=1S/C24H22Cl2FN3O3/c1-2-33-24(32)15-9-11-29(12-10-15)23(31)22-14-21(17-5-3-4-6-20(17)27)28-30(22)16-7-8-18(25)19(26)13-16/h3-8,13-15H,2,9-12H2,1H3. The lowest BCUT2D eigenvalue weighted by Gasteiger charge is -2.30. The number of nitrogens with zero attached hydrogens (tertiary/aromatic N) is 3. The van der Waals surface area contributed by atoms with Crippen molar-refractivity contribution in [1.82, 2.24) is 14.7 Å². The zero-order valence-electron chi connectivity index (χ0n) is 17.9. The van der Waals surface area contributed by atoms with E-state index in [9.17, 15) is 14.0 Å². The Hall–Kier alpha value is -2.90. The number of rotatable bonds is 5. The predicted molar refractivity (Wildman–Crippen MR) is 124 cm³/mol. The number of carbonyl (C=O) groups is 2. The molecule has 1 saturated heterocycles. The van der Waals surface area contributed by atoms with Crippen molar-refractivity contribution in [3.8, 4) is 16.9 Å². The predicted octanol–water partition coefficient (Wildman–Crippen LogP) is 5.40. The number of hydrogen-bond acceptors (Lipinski definition) is 4. The molecule has 4 rings (SSSR count). The highest BCUT2D eigenvalue weighted by Gasteiger charge is 2.31. The molecular weight excluding hydrogens is 468 g/mol. The van der Waals surface area contributed by atoms with Crippen LogP contribution in [0.3, 0.4) is 0 Å². The van der Waals surface area contributed by atoms with E-state index in [2.05, 4.69) is 5.10 Å². The monoisotopic (exact) mass is 489 g/mol. The number of piperidine rings is 1. The molecule has 9 heteroatoms. The summed E-state index contributed by atoms with van der Waals surface area (Å²) in [6, 6.07) is 12.7. The fourth-order valence-electron chi connectivity index (χ4n) is 3.89. The van der Waals surface area contributed by atoms with Crippen molar-refractivity contribution in [2.45, 2.75) is 19.8 Å². The van der Waals surface area contributed by atoms with Gasteiger partial charge in [-0.2, -0.15) is 5.10 Å². The Bertz CT molecular complexity index is 1190. The van der Waals surface area contributed by atoms with Gasteiger partial charge in [-0.1, -0.05) is 35.3 Å². The van der Waals surface area contributed by atoms with E-state index in [-0.39, 0.29) is 29.1 Å². The Kier molecular flexibility index (Phi) is 7.00. The maximum atomic E-state index is 14.4. The molecule has 2 aromatic carbocycles. The Balaban J connectivity index is 1.68.